The lowest BCUT2D eigenvalue weighted by molar-refractivity contribution is 0.688. The lowest BCUT2D eigenvalue weighted by atomic mass is 9.95. The number of aryl methyl sites for hydroxylation is 1. The van der Waals surface area contributed by atoms with Crippen molar-refractivity contribution in [3.63, 3.8) is 0 Å². The number of thioether (sulfide) groups is 1. The third-order valence-corrected chi connectivity index (χ3v) is 5.32. The molecule has 0 radical (unpaired) electrons. The molecule has 3 N–H and O–H groups in total. The van der Waals surface area contributed by atoms with Crippen LogP contribution in [0.4, 0.5) is 5.82 Å². The second-order valence-electron chi connectivity index (χ2n) is 6.17. The number of rotatable bonds is 3. The fourth-order valence-electron chi connectivity index (χ4n) is 2.88. The van der Waals surface area contributed by atoms with Gasteiger partial charge in [-0.3, -0.25) is 10.1 Å². The van der Waals surface area contributed by atoms with E-state index in [1.807, 2.05) is 11.8 Å². The molecule has 20 heavy (non-hydrogen) atoms. The molecular formula is C15H22N4S. The number of nitrogens with zero attached hydrogens (tertiary/aromatic N) is 2. The third-order valence-electron chi connectivity index (χ3n) is 3.97. The van der Waals surface area contributed by atoms with Crippen molar-refractivity contribution in [1.82, 2.24) is 15.2 Å². The molecule has 4 nitrogen and oxygen atoms in total. The summed E-state index contributed by atoms with van der Waals surface area (Å²) in [4.78, 5) is 4.91. The highest BCUT2D eigenvalue weighted by Gasteiger charge is 2.30. The van der Waals surface area contributed by atoms with Gasteiger partial charge in [0.15, 0.2) is 5.82 Å². The number of nitrogens with two attached hydrogens (primary N) is 1. The molecule has 2 aromatic rings. The largest absolute Gasteiger partial charge is 0.382 e. The maximum absolute atomic E-state index is 6.11. The highest BCUT2D eigenvalue weighted by Crippen LogP contribution is 2.41. The monoisotopic (exact) mass is 290 g/mol. The SMILES string of the molecule is CCCCc1nc2c(c3c(N)n[nH]c13)CC(C)(C)SC2. The van der Waals surface area contributed by atoms with Gasteiger partial charge in [-0.15, -0.1) is 11.8 Å². The molecule has 0 fully saturated rings. The minimum atomic E-state index is 0.246. The molecule has 3 rings (SSSR count). The molecular weight excluding hydrogens is 268 g/mol. The number of hydrogen-bond acceptors (Lipinski definition) is 4. The van der Waals surface area contributed by atoms with E-state index in [4.69, 9.17) is 10.7 Å². The first-order chi connectivity index (χ1) is 9.52. The predicted molar refractivity (Wildman–Crippen MR) is 86.0 cm³/mol. The van der Waals surface area contributed by atoms with Crippen molar-refractivity contribution in [2.75, 3.05) is 5.73 Å². The van der Waals surface area contributed by atoms with Crippen molar-refractivity contribution >= 4 is 28.5 Å². The number of aromatic amines is 1. The standard InChI is InChI=1S/C15H22N4S/c1-4-5-6-10-13-12(14(16)19-18-13)9-7-15(2,3)20-8-11(9)17-10/h4-8H2,1-3H3,(H3,16,18,19). The van der Waals surface area contributed by atoms with E-state index in [-0.39, 0.29) is 4.75 Å². The fraction of sp³-hybridized carbons (Fsp3) is 0.600. The van der Waals surface area contributed by atoms with E-state index in [9.17, 15) is 0 Å². The van der Waals surface area contributed by atoms with E-state index in [0.717, 1.165) is 41.6 Å². The summed E-state index contributed by atoms with van der Waals surface area (Å²) in [6, 6.07) is 0. The Morgan fingerprint density at radius 2 is 2.20 bits per heavy atom. The summed E-state index contributed by atoms with van der Waals surface area (Å²) in [5.74, 6) is 1.60. The first-order valence-electron chi connectivity index (χ1n) is 7.30. The van der Waals surface area contributed by atoms with E-state index < -0.39 is 0 Å². The molecule has 1 aliphatic rings. The van der Waals surface area contributed by atoms with Gasteiger partial charge in [-0.05, 0) is 24.8 Å². The van der Waals surface area contributed by atoms with Gasteiger partial charge in [-0.2, -0.15) is 5.10 Å². The summed E-state index contributed by atoms with van der Waals surface area (Å²) in [5.41, 5.74) is 10.8. The first-order valence-corrected chi connectivity index (χ1v) is 8.28. The minimum absolute atomic E-state index is 0.246. The van der Waals surface area contributed by atoms with Gasteiger partial charge >= 0.3 is 0 Å². The number of hydrogen-bond donors (Lipinski definition) is 2. The molecule has 3 heterocycles. The lowest BCUT2D eigenvalue weighted by Gasteiger charge is -2.31. The van der Waals surface area contributed by atoms with Crippen LogP contribution in [0.1, 0.15) is 50.6 Å². The van der Waals surface area contributed by atoms with Crippen LogP contribution in [-0.4, -0.2) is 19.9 Å². The van der Waals surface area contributed by atoms with Crippen molar-refractivity contribution in [2.24, 2.45) is 0 Å². The topological polar surface area (TPSA) is 67.6 Å². The molecule has 0 atom stereocenters. The van der Waals surface area contributed by atoms with Crippen LogP contribution in [0.5, 0.6) is 0 Å². The van der Waals surface area contributed by atoms with Gasteiger partial charge in [-0.25, -0.2) is 0 Å². The van der Waals surface area contributed by atoms with Gasteiger partial charge in [0.05, 0.1) is 22.3 Å². The van der Waals surface area contributed by atoms with Gasteiger partial charge in [0.2, 0.25) is 0 Å². The van der Waals surface area contributed by atoms with Crippen molar-refractivity contribution in [3.05, 3.63) is 17.0 Å². The van der Waals surface area contributed by atoms with E-state index in [0.29, 0.717) is 5.82 Å². The minimum Gasteiger partial charge on any atom is -0.382 e. The van der Waals surface area contributed by atoms with Gasteiger partial charge in [0.25, 0.3) is 0 Å². The van der Waals surface area contributed by atoms with Crippen molar-refractivity contribution in [2.45, 2.75) is 57.0 Å². The van der Waals surface area contributed by atoms with Crippen molar-refractivity contribution in [1.29, 1.82) is 0 Å². The molecule has 108 valence electrons. The smallest absolute Gasteiger partial charge is 0.153 e. The molecule has 0 amide bonds. The Hall–Kier alpha value is -1.23. The Balaban J connectivity index is 2.17. The Morgan fingerprint density at radius 3 is 2.95 bits per heavy atom. The highest BCUT2D eigenvalue weighted by atomic mass is 32.2. The number of aromatic nitrogens is 3. The lowest BCUT2D eigenvalue weighted by Crippen LogP contribution is -2.25. The normalized spacial score (nSPS) is 17.4. The zero-order chi connectivity index (χ0) is 14.3. The van der Waals surface area contributed by atoms with Crippen LogP contribution >= 0.6 is 11.8 Å². The molecule has 0 spiro atoms. The number of nitrogens with one attached hydrogen (secondary N) is 1. The van der Waals surface area contributed by atoms with Crippen LogP contribution in [0.25, 0.3) is 10.9 Å². The van der Waals surface area contributed by atoms with Crippen molar-refractivity contribution in [3.8, 4) is 0 Å². The zero-order valence-electron chi connectivity index (χ0n) is 12.4. The van der Waals surface area contributed by atoms with Crippen LogP contribution in [0.15, 0.2) is 0 Å². The molecule has 2 aromatic heterocycles. The van der Waals surface area contributed by atoms with Crippen LogP contribution in [0, 0.1) is 0 Å². The second kappa shape index (κ2) is 4.95. The van der Waals surface area contributed by atoms with Crippen LogP contribution in [0.2, 0.25) is 0 Å². The van der Waals surface area contributed by atoms with Gasteiger partial charge in [-0.1, -0.05) is 27.2 Å². The quantitative estimate of drug-likeness (QED) is 0.908. The van der Waals surface area contributed by atoms with E-state index in [1.54, 1.807) is 0 Å². The maximum Gasteiger partial charge on any atom is 0.153 e. The Labute approximate surface area is 123 Å². The van der Waals surface area contributed by atoms with E-state index >= 15 is 0 Å². The average Bonchev–Trinajstić information content (AvgIpc) is 2.78. The number of H-pyrrole nitrogens is 1. The second-order valence-corrected chi connectivity index (χ2v) is 7.85. The van der Waals surface area contributed by atoms with Gasteiger partial charge < -0.3 is 5.73 Å². The van der Waals surface area contributed by atoms with Crippen LogP contribution < -0.4 is 5.73 Å². The number of fused-ring (bicyclic) bond motifs is 3. The Bertz CT molecular complexity index is 645. The Morgan fingerprint density at radius 1 is 1.40 bits per heavy atom. The molecule has 0 bridgehead atoms. The average molecular weight is 290 g/mol. The van der Waals surface area contributed by atoms with Gasteiger partial charge in [0, 0.05) is 10.5 Å². The number of nitrogen functional groups attached to an aromatic ring is 1. The maximum atomic E-state index is 6.11. The van der Waals surface area contributed by atoms with Crippen LogP contribution in [0.3, 0.4) is 0 Å². The number of anilines is 1. The number of unbranched alkanes of at least 4 members (excludes halogenated alkanes) is 1. The molecule has 0 aromatic carbocycles. The number of pyridine rings is 1. The summed E-state index contributed by atoms with van der Waals surface area (Å²) >= 11 is 1.98. The van der Waals surface area contributed by atoms with E-state index in [2.05, 4.69) is 31.0 Å². The van der Waals surface area contributed by atoms with E-state index in [1.165, 1.54) is 17.7 Å². The fourth-order valence-corrected chi connectivity index (χ4v) is 3.89. The molecule has 0 aliphatic carbocycles. The van der Waals surface area contributed by atoms with Gasteiger partial charge in [0.1, 0.15) is 0 Å². The molecule has 5 heteroatoms. The highest BCUT2D eigenvalue weighted by molar-refractivity contribution is 7.99. The summed E-state index contributed by atoms with van der Waals surface area (Å²) in [6.45, 7) is 6.77. The third kappa shape index (κ3) is 2.28. The summed E-state index contributed by atoms with van der Waals surface area (Å²) in [7, 11) is 0. The van der Waals surface area contributed by atoms with Crippen molar-refractivity contribution < 1.29 is 0 Å². The summed E-state index contributed by atoms with van der Waals surface area (Å²) in [5, 5.41) is 8.44. The van der Waals surface area contributed by atoms with Crippen LogP contribution in [-0.2, 0) is 18.6 Å². The molecule has 0 saturated heterocycles. The molecule has 1 aliphatic heterocycles. The summed E-state index contributed by atoms with van der Waals surface area (Å²) in [6.07, 6.45) is 4.33. The zero-order valence-corrected chi connectivity index (χ0v) is 13.2. The Kier molecular flexibility index (Phi) is 3.40. The molecule has 0 saturated carbocycles. The first kappa shape index (κ1) is 13.7. The molecule has 0 unspecified atom stereocenters. The summed E-state index contributed by atoms with van der Waals surface area (Å²) < 4.78 is 0.246. The predicted octanol–water partition coefficient (Wildman–Crippen LogP) is 3.45.